The van der Waals surface area contributed by atoms with Crippen molar-refractivity contribution in [1.82, 2.24) is 15.0 Å². The van der Waals surface area contributed by atoms with Crippen LogP contribution in [0.15, 0.2) is 0 Å². The van der Waals surface area contributed by atoms with Crippen molar-refractivity contribution < 1.29 is 13.2 Å². The minimum atomic E-state index is -4.23. The van der Waals surface area contributed by atoms with Crippen LogP contribution in [-0.2, 0) is 0 Å². The minimum Gasteiger partial charge on any atom is -0.343 e. The fourth-order valence-electron chi connectivity index (χ4n) is 0.881. The fourth-order valence-corrected chi connectivity index (χ4v) is 1.24. The molecule has 0 aliphatic rings. The highest BCUT2D eigenvalue weighted by molar-refractivity contribution is 6.31. The molecule has 1 heterocycles. The Kier molecular flexibility index (Phi) is 4.15. The monoisotopic (exact) mass is 274 g/mol. The summed E-state index contributed by atoms with van der Waals surface area (Å²) in [5.41, 5.74) is 0. The van der Waals surface area contributed by atoms with E-state index >= 15 is 0 Å². The molecule has 4 nitrogen and oxygen atoms in total. The summed E-state index contributed by atoms with van der Waals surface area (Å²) in [6.45, 7) is -0.278. The Labute approximate surface area is 99.4 Å². The average molecular weight is 275 g/mol. The molecule has 0 N–H and O–H groups in total. The van der Waals surface area contributed by atoms with E-state index in [1.165, 1.54) is 11.9 Å². The standard InChI is InChI=1S/C7H7Cl2F3N4/c1-16(3-2-7(10,11)12)6-14-4(8)13-5(9)15-6/h2-3H2,1H3. The Hall–Kier alpha value is -0.820. The maximum atomic E-state index is 12.0. The molecule has 0 saturated heterocycles. The van der Waals surface area contributed by atoms with E-state index in [0.717, 1.165) is 0 Å². The summed E-state index contributed by atoms with van der Waals surface area (Å²) in [6, 6.07) is 0. The van der Waals surface area contributed by atoms with Crippen molar-refractivity contribution in [2.24, 2.45) is 0 Å². The number of anilines is 1. The van der Waals surface area contributed by atoms with Gasteiger partial charge in [-0.05, 0) is 23.2 Å². The Morgan fingerprint density at radius 1 is 1.12 bits per heavy atom. The normalized spacial score (nSPS) is 11.6. The highest BCUT2D eigenvalue weighted by atomic mass is 35.5. The van der Waals surface area contributed by atoms with Crippen LogP contribution in [0, 0.1) is 0 Å². The Morgan fingerprint density at radius 2 is 1.62 bits per heavy atom. The molecule has 90 valence electrons. The van der Waals surface area contributed by atoms with Crippen molar-refractivity contribution >= 4 is 29.2 Å². The number of halogens is 5. The molecular weight excluding hydrogens is 268 g/mol. The first kappa shape index (κ1) is 13.2. The first-order chi connectivity index (χ1) is 7.28. The number of hydrogen-bond donors (Lipinski definition) is 0. The zero-order valence-electron chi connectivity index (χ0n) is 8.09. The number of rotatable bonds is 3. The van der Waals surface area contributed by atoms with Crippen LogP contribution in [0.4, 0.5) is 19.1 Å². The van der Waals surface area contributed by atoms with Crippen LogP contribution >= 0.6 is 23.2 Å². The van der Waals surface area contributed by atoms with Gasteiger partial charge in [-0.3, -0.25) is 0 Å². The molecule has 16 heavy (non-hydrogen) atoms. The lowest BCUT2D eigenvalue weighted by atomic mass is 10.4. The molecule has 0 amide bonds. The smallest absolute Gasteiger partial charge is 0.343 e. The van der Waals surface area contributed by atoms with Crippen LogP contribution < -0.4 is 4.90 Å². The molecule has 0 aliphatic carbocycles. The Morgan fingerprint density at radius 3 is 2.06 bits per heavy atom. The van der Waals surface area contributed by atoms with E-state index in [-0.39, 0.29) is 23.1 Å². The second-order valence-electron chi connectivity index (χ2n) is 2.96. The number of nitrogens with zero attached hydrogens (tertiary/aromatic N) is 4. The van der Waals surface area contributed by atoms with Crippen molar-refractivity contribution in [3.05, 3.63) is 10.6 Å². The molecule has 1 aromatic heterocycles. The van der Waals surface area contributed by atoms with Crippen molar-refractivity contribution in [3.63, 3.8) is 0 Å². The molecule has 1 aromatic rings. The maximum Gasteiger partial charge on any atom is 0.390 e. The predicted molar refractivity (Wildman–Crippen MR) is 53.8 cm³/mol. The van der Waals surface area contributed by atoms with Crippen molar-refractivity contribution in [2.75, 3.05) is 18.5 Å². The van der Waals surface area contributed by atoms with Gasteiger partial charge < -0.3 is 4.90 Å². The van der Waals surface area contributed by atoms with Crippen LogP contribution in [0.2, 0.25) is 10.6 Å². The van der Waals surface area contributed by atoms with Gasteiger partial charge in [0.15, 0.2) is 0 Å². The first-order valence-electron chi connectivity index (χ1n) is 4.13. The van der Waals surface area contributed by atoms with Crippen molar-refractivity contribution in [1.29, 1.82) is 0 Å². The van der Waals surface area contributed by atoms with E-state index in [1.807, 2.05) is 0 Å². The lowest BCUT2D eigenvalue weighted by molar-refractivity contribution is -0.132. The molecule has 0 saturated carbocycles. The Bertz CT molecular complexity index is 351. The van der Waals surface area contributed by atoms with Gasteiger partial charge in [0.05, 0.1) is 6.42 Å². The third-order valence-corrected chi connectivity index (χ3v) is 1.98. The van der Waals surface area contributed by atoms with Crippen LogP contribution in [0.5, 0.6) is 0 Å². The van der Waals surface area contributed by atoms with Crippen molar-refractivity contribution in [2.45, 2.75) is 12.6 Å². The molecule has 0 bridgehead atoms. The molecule has 0 aliphatic heterocycles. The lowest BCUT2D eigenvalue weighted by Gasteiger charge is -2.17. The van der Waals surface area contributed by atoms with E-state index in [0.29, 0.717) is 0 Å². The molecule has 0 spiro atoms. The van der Waals surface area contributed by atoms with Gasteiger partial charge in [0.1, 0.15) is 0 Å². The van der Waals surface area contributed by atoms with Crippen LogP contribution in [-0.4, -0.2) is 34.7 Å². The quantitative estimate of drug-likeness (QED) is 0.850. The second kappa shape index (κ2) is 5.01. The van der Waals surface area contributed by atoms with Crippen LogP contribution in [0.1, 0.15) is 6.42 Å². The van der Waals surface area contributed by atoms with Crippen LogP contribution in [0.25, 0.3) is 0 Å². The summed E-state index contributed by atoms with van der Waals surface area (Å²) in [4.78, 5) is 12.0. The molecule has 9 heteroatoms. The second-order valence-corrected chi connectivity index (χ2v) is 3.64. The molecule has 0 unspecified atom stereocenters. The summed E-state index contributed by atoms with van der Waals surface area (Å²) in [5, 5.41) is -0.317. The minimum absolute atomic E-state index is 0.00856. The highest BCUT2D eigenvalue weighted by Gasteiger charge is 2.27. The summed E-state index contributed by atoms with van der Waals surface area (Å²) in [6.07, 6.45) is -5.20. The van der Waals surface area contributed by atoms with Crippen LogP contribution in [0.3, 0.4) is 0 Å². The van der Waals surface area contributed by atoms with Gasteiger partial charge in [-0.1, -0.05) is 0 Å². The molecule has 1 rings (SSSR count). The largest absolute Gasteiger partial charge is 0.390 e. The summed E-state index contributed by atoms with van der Waals surface area (Å²) >= 11 is 11.0. The van der Waals surface area contributed by atoms with Gasteiger partial charge >= 0.3 is 6.18 Å². The van der Waals surface area contributed by atoms with Crippen molar-refractivity contribution in [3.8, 4) is 0 Å². The average Bonchev–Trinajstić information content (AvgIpc) is 2.11. The topological polar surface area (TPSA) is 41.9 Å². The highest BCUT2D eigenvalue weighted by Crippen LogP contribution is 2.21. The van der Waals surface area contributed by atoms with Gasteiger partial charge in [-0.25, -0.2) is 0 Å². The third kappa shape index (κ3) is 4.36. The van der Waals surface area contributed by atoms with Gasteiger partial charge in [0.2, 0.25) is 16.5 Å². The third-order valence-electron chi connectivity index (χ3n) is 1.64. The van der Waals surface area contributed by atoms with E-state index in [1.54, 1.807) is 0 Å². The zero-order chi connectivity index (χ0) is 12.3. The van der Waals surface area contributed by atoms with E-state index < -0.39 is 12.6 Å². The molecule has 0 radical (unpaired) electrons. The SMILES string of the molecule is CN(CCC(F)(F)F)c1nc(Cl)nc(Cl)n1. The zero-order valence-corrected chi connectivity index (χ0v) is 9.60. The molecule has 0 aromatic carbocycles. The van der Waals surface area contributed by atoms with E-state index in [2.05, 4.69) is 15.0 Å². The number of aromatic nitrogens is 3. The van der Waals surface area contributed by atoms with Gasteiger partial charge in [0.25, 0.3) is 0 Å². The van der Waals surface area contributed by atoms with E-state index in [4.69, 9.17) is 23.2 Å². The fraction of sp³-hybridized carbons (Fsp3) is 0.571. The Balaban J connectivity index is 2.69. The van der Waals surface area contributed by atoms with Gasteiger partial charge in [0, 0.05) is 13.6 Å². The number of alkyl halides is 3. The van der Waals surface area contributed by atoms with Gasteiger partial charge in [-0.15, -0.1) is 0 Å². The molecule has 0 atom stereocenters. The first-order valence-corrected chi connectivity index (χ1v) is 4.88. The maximum absolute atomic E-state index is 12.0. The lowest BCUT2D eigenvalue weighted by Crippen LogP contribution is -2.25. The molecule has 0 fully saturated rings. The van der Waals surface area contributed by atoms with E-state index in [9.17, 15) is 13.2 Å². The molecular formula is C7H7Cl2F3N4. The summed E-state index contributed by atoms with van der Waals surface area (Å²) in [7, 11) is 1.41. The van der Waals surface area contributed by atoms with Gasteiger partial charge in [-0.2, -0.15) is 28.1 Å². The predicted octanol–water partition coefficient (Wildman–Crippen LogP) is 2.57. The summed E-state index contributed by atoms with van der Waals surface area (Å²) in [5.74, 6) is 0.00856. The number of hydrogen-bond acceptors (Lipinski definition) is 4. The summed E-state index contributed by atoms with van der Waals surface area (Å²) < 4.78 is 35.9.